The first-order valence-corrected chi connectivity index (χ1v) is 5.38. The maximum absolute atomic E-state index is 3.43. The molecule has 62 valence electrons. The summed E-state index contributed by atoms with van der Waals surface area (Å²) < 4.78 is 1.18. The largest absolute Gasteiger partial charge is 0.310 e. The van der Waals surface area contributed by atoms with E-state index in [-0.39, 0.29) is 0 Å². The molecule has 0 aliphatic rings. The topological polar surface area (TPSA) is 12.0 Å². The van der Waals surface area contributed by atoms with E-state index in [9.17, 15) is 0 Å². The molecule has 1 unspecified atom stereocenters. The third kappa shape index (κ3) is 2.58. The van der Waals surface area contributed by atoms with Gasteiger partial charge in [-0.2, -0.15) is 0 Å². The molecule has 0 aliphatic heterocycles. The molecule has 0 saturated heterocycles. The van der Waals surface area contributed by atoms with Crippen molar-refractivity contribution in [1.29, 1.82) is 0 Å². The van der Waals surface area contributed by atoms with Crippen LogP contribution in [0.5, 0.6) is 0 Å². The molecule has 1 N–H and O–H groups in total. The molecule has 0 aromatic carbocycles. The minimum absolute atomic E-state index is 0.483. The van der Waals surface area contributed by atoms with Crippen molar-refractivity contribution in [2.45, 2.75) is 19.9 Å². The lowest BCUT2D eigenvalue weighted by atomic mass is 10.3. The van der Waals surface area contributed by atoms with Gasteiger partial charge in [-0.1, -0.05) is 6.92 Å². The van der Waals surface area contributed by atoms with Gasteiger partial charge in [-0.3, -0.25) is 0 Å². The van der Waals surface area contributed by atoms with Crippen molar-refractivity contribution in [2.75, 3.05) is 6.54 Å². The van der Waals surface area contributed by atoms with Crippen molar-refractivity contribution in [3.05, 3.63) is 20.8 Å². The SMILES string of the molecule is CCNC(C)c1cc(Br)cs1. The van der Waals surface area contributed by atoms with Gasteiger partial charge >= 0.3 is 0 Å². The van der Waals surface area contributed by atoms with Crippen molar-refractivity contribution in [1.82, 2.24) is 5.32 Å². The van der Waals surface area contributed by atoms with Gasteiger partial charge in [0.1, 0.15) is 0 Å². The van der Waals surface area contributed by atoms with Gasteiger partial charge < -0.3 is 5.32 Å². The average molecular weight is 234 g/mol. The van der Waals surface area contributed by atoms with Crippen molar-refractivity contribution in [3.63, 3.8) is 0 Å². The van der Waals surface area contributed by atoms with Gasteiger partial charge in [0.25, 0.3) is 0 Å². The third-order valence-corrected chi connectivity index (χ3v) is 3.40. The van der Waals surface area contributed by atoms with Crippen LogP contribution in [0.15, 0.2) is 15.9 Å². The number of hydrogen-bond acceptors (Lipinski definition) is 2. The highest BCUT2D eigenvalue weighted by Gasteiger charge is 2.04. The molecule has 3 heteroatoms. The second-order valence-electron chi connectivity index (χ2n) is 2.45. The highest BCUT2D eigenvalue weighted by atomic mass is 79.9. The lowest BCUT2D eigenvalue weighted by Crippen LogP contribution is -2.16. The first kappa shape index (κ1) is 9.23. The van der Waals surface area contributed by atoms with Gasteiger partial charge in [-0.25, -0.2) is 0 Å². The zero-order valence-electron chi connectivity index (χ0n) is 6.73. The molecule has 0 amide bonds. The Morgan fingerprint density at radius 1 is 1.73 bits per heavy atom. The van der Waals surface area contributed by atoms with E-state index < -0.39 is 0 Å². The molecule has 0 bridgehead atoms. The van der Waals surface area contributed by atoms with Crippen LogP contribution in [-0.2, 0) is 0 Å². The first-order valence-electron chi connectivity index (χ1n) is 3.71. The second kappa shape index (κ2) is 4.24. The minimum Gasteiger partial charge on any atom is -0.310 e. The van der Waals surface area contributed by atoms with Crippen LogP contribution < -0.4 is 5.32 Å². The van der Waals surface area contributed by atoms with E-state index in [0.29, 0.717) is 6.04 Å². The fourth-order valence-electron chi connectivity index (χ4n) is 0.962. The number of thiophene rings is 1. The Balaban J connectivity index is 2.60. The predicted octanol–water partition coefficient (Wildman–Crippen LogP) is 3.18. The summed E-state index contributed by atoms with van der Waals surface area (Å²) in [5.41, 5.74) is 0. The molecule has 1 nitrogen and oxygen atoms in total. The molecule has 0 saturated carbocycles. The monoisotopic (exact) mass is 233 g/mol. The number of hydrogen-bond donors (Lipinski definition) is 1. The molecule has 1 heterocycles. The Morgan fingerprint density at radius 3 is 2.91 bits per heavy atom. The fraction of sp³-hybridized carbons (Fsp3) is 0.500. The lowest BCUT2D eigenvalue weighted by Gasteiger charge is -2.08. The normalized spacial score (nSPS) is 13.4. The Bertz CT molecular complexity index is 222. The van der Waals surface area contributed by atoms with Gasteiger partial charge in [-0.05, 0) is 35.5 Å². The van der Waals surface area contributed by atoms with Crippen molar-refractivity contribution >= 4 is 27.3 Å². The van der Waals surface area contributed by atoms with Crippen LogP contribution in [-0.4, -0.2) is 6.54 Å². The summed E-state index contributed by atoms with van der Waals surface area (Å²) in [5.74, 6) is 0. The highest BCUT2D eigenvalue weighted by Crippen LogP contribution is 2.24. The summed E-state index contributed by atoms with van der Waals surface area (Å²) in [7, 11) is 0. The van der Waals surface area contributed by atoms with Gasteiger partial charge in [0, 0.05) is 20.8 Å². The second-order valence-corrected chi connectivity index (χ2v) is 4.31. The van der Waals surface area contributed by atoms with Crippen LogP contribution in [0, 0.1) is 0 Å². The average Bonchev–Trinajstić information content (AvgIpc) is 2.36. The number of nitrogens with one attached hydrogen (secondary N) is 1. The molecule has 1 rings (SSSR count). The smallest absolute Gasteiger partial charge is 0.0386 e. The van der Waals surface area contributed by atoms with E-state index >= 15 is 0 Å². The maximum Gasteiger partial charge on any atom is 0.0386 e. The standard InChI is InChI=1S/C8H12BrNS/c1-3-10-6(2)8-4-7(9)5-11-8/h4-6,10H,3H2,1-2H3. The summed E-state index contributed by atoms with van der Waals surface area (Å²) in [5, 5.41) is 5.48. The molecule has 1 aromatic rings. The molecular formula is C8H12BrNS. The highest BCUT2D eigenvalue weighted by molar-refractivity contribution is 9.10. The van der Waals surface area contributed by atoms with Gasteiger partial charge in [0.2, 0.25) is 0 Å². The van der Waals surface area contributed by atoms with E-state index in [0.717, 1.165) is 6.54 Å². The maximum atomic E-state index is 3.43. The molecule has 1 aromatic heterocycles. The van der Waals surface area contributed by atoms with Crippen molar-refractivity contribution < 1.29 is 0 Å². The number of halogens is 1. The van der Waals surface area contributed by atoms with Crippen LogP contribution in [0.25, 0.3) is 0 Å². The summed E-state index contributed by atoms with van der Waals surface area (Å²) >= 11 is 5.22. The predicted molar refractivity (Wildman–Crippen MR) is 54.1 cm³/mol. The molecule has 0 fully saturated rings. The Kier molecular flexibility index (Phi) is 3.55. The summed E-state index contributed by atoms with van der Waals surface area (Å²) in [6.45, 7) is 5.33. The molecule has 0 aliphatic carbocycles. The zero-order chi connectivity index (χ0) is 8.27. The van der Waals surface area contributed by atoms with E-state index in [2.05, 4.69) is 46.5 Å². The first-order chi connectivity index (χ1) is 5.24. The van der Waals surface area contributed by atoms with Crippen LogP contribution in [0.2, 0.25) is 0 Å². The summed E-state index contributed by atoms with van der Waals surface area (Å²) in [6.07, 6.45) is 0. The van der Waals surface area contributed by atoms with Crippen molar-refractivity contribution in [3.8, 4) is 0 Å². The Labute approximate surface area is 79.9 Å². The van der Waals surface area contributed by atoms with Gasteiger partial charge in [0.05, 0.1) is 0 Å². The van der Waals surface area contributed by atoms with E-state index in [4.69, 9.17) is 0 Å². The zero-order valence-corrected chi connectivity index (χ0v) is 9.13. The molecule has 0 spiro atoms. The molecule has 11 heavy (non-hydrogen) atoms. The van der Waals surface area contributed by atoms with Crippen LogP contribution >= 0.6 is 27.3 Å². The van der Waals surface area contributed by atoms with Crippen LogP contribution in [0.3, 0.4) is 0 Å². The Hall–Kier alpha value is 0.140. The van der Waals surface area contributed by atoms with Gasteiger partial charge in [0.15, 0.2) is 0 Å². The van der Waals surface area contributed by atoms with E-state index in [1.54, 1.807) is 11.3 Å². The quantitative estimate of drug-likeness (QED) is 0.846. The molecule has 1 atom stereocenters. The summed E-state index contributed by atoms with van der Waals surface area (Å²) in [6, 6.07) is 2.65. The van der Waals surface area contributed by atoms with E-state index in [1.807, 2.05) is 0 Å². The van der Waals surface area contributed by atoms with Crippen LogP contribution in [0.1, 0.15) is 24.8 Å². The summed E-state index contributed by atoms with van der Waals surface area (Å²) in [4.78, 5) is 1.39. The third-order valence-electron chi connectivity index (χ3n) is 1.52. The minimum atomic E-state index is 0.483. The fourth-order valence-corrected chi connectivity index (χ4v) is 2.44. The van der Waals surface area contributed by atoms with E-state index in [1.165, 1.54) is 9.35 Å². The van der Waals surface area contributed by atoms with Gasteiger partial charge in [-0.15, -0.1) is 11.3 Å². The number of rotatable bonds is 3. The Morgan fingerprint density at radius 2 is 2.45 bits per heavy atom. The van der Waals surface area contributed by atoms with Crippen LogP contribution in [0.4, 0.5) is 0 Å². The van der Waals surface area contributed by atoms with Crippen molar-refractivity contribution in [2.24, 2.45) is 0 Å². The molecular weight excluding hydrogens is 222 g/mol. The lowest BCUT2D eigenvalue weighted by molar-refractivity contribution is 0.607. The molecule has 0 radical (unpaired) electrons.